The summed E-state index contributed by atoms with van der Waals surface area (Å²) in [4.78, 5) is 29.4. The quantitative estimate of drug-likeness (QED) is 0.903. The number of rotatable bonds is 3. The van der Waals surface area contributed by atoms with E-state index in [4.69, 9.17) is 5.11 Å². The molecule has 0 saturated carbocycles. The van der Waals surface area contributed by atoms with E-state index < -0.39 is 5.97 Å². The number of imidazole rings is 1. The van der Waals surface area contributed by atoms with E-state index in [2.05, 4.69) is 4.98 Å². The number of piperidine rings is 1. The molecule has 20 heavy (non-hydrogen) atoms. The topological polar surface area (TPSA) is 75.4 Å². The molecule has 2 bridgehead atoms. The molecule has 2 aliphatic rings. The second-order valence-corrected chi connectivity index (χ2v) is 5.92. The highest BCUT2D eigenvalue weighted by Crippen LogP contribution is 2.40. The Hall–Kier alpha value is -1.85. The highest BCUT2D eigenvalue weighted by atomic mass is 16.4. The molecule has 108 valence electrons. The number of carboxylic acid groups (broad SMARTS) is 1. The fourth-order valence-corrected chi connectivity index (χ4v) is 3.73. The van der Waals surface area contributed by atoms with E-state index in [9.17, 15) is 9.59 Å². The van der Waals surface area contributed by atoms with E-state index in [1.54, 1.807) is 17.1 Å². The fourth-order valence-electron chi connectivity index (χ4n) is 3.73. The van der Waals surface area contributed by atoms with Crippen LogP contribution in [0.25, 0.3) is 0 Å². The van der Waals surface area contributed by atoms with Crippen LogP contribution in [0.2, 0.25) is 0 Å². The maximum absolute atomic E-state index is 12.6. The van der Waals surface area contributed by atoms with E-state index >= 15 is 0 Å². The molecular weight excluding hydrogens is 258 g/mol. The number of aliphatic carboxylic acids is 1. The lowest BCUT2D eigenvalue weighted by atomic mass is 9.88. The van der Waals surface area contributed by atoms with Gasteiger partial charge in [0.2, 0.25) is 0 Å². The Balaban J connectivity index is 1.76. The van der Waals surface area contributed by atoms with E-state index in [1.165, 1.54) is 0 Å². The molecule has 6 heteroatoms. The number of carboxylic acids is 1. The molecule has 2 atom stereocenters. The molecule has 2 unspecified atom stereocenters. The van der Waals surface area contributed by atoms with Crippen LogP contribution in [0, 0.1) is 5.92 Å². The van der Waals surface area contributed by atoms with Gasteiger partial charge in [0.25, 0.3) is 5.91 Å². The second kappa shape index (κ2) is 4.92. The lowest BCUT2D eigenvalue weighted by Crippen LogP contribution is -2.47. The molecule has 2 saturated heterocycles. The predicted molar refractivity (Wildman–Crippen MR) is 71.2 cm³/mol. The number of aryl methyl sites for hydroxylation is 1. The number of carbonyl (C=O) groups excluding carboxylic acids is 1. The van der Waals surface area contributed by atoms with Crippen LogP contribution >= 0.6 is 0 Å². The molecule has 1 aromatic heterocycles. The van der Waals surface area contributed by atoms with Gasteiger partial charge in [0, 0.05) is 25.6 Å². The number of carbonyl (C=O) groups is 2. The van der Waals surface area contributed by atoms with Crippen molar-refractivity contribution in [3.05, 3.63) is 18.2 Å². The maximum Gasteiger partial charge on any atom is 0.303 e. The van der Waals surface area contributed by atoms with Crippen LogP contribution in [0.4, 0.5) is 0 Å². The minimum atomic E-state index is -0.735. The zero-order valence-electron chi connectivity index (χ0n) is 11.5. The fraction of sp³-hybridized carbons (Fsp3) is 0.643. The highest BCUT2D eigenvalue weighted by Gasteiger charge is 2.44. The highest BCUT2D eigenvalue weighted by molar-refractivity contribution is 5.93. The first-order chi connectivity index (χ1) is 9.56. The summed E-state index contributed by atoms with van der Waals surface area (Å²) >= 11 is 0. The minimum absolute atomic E-state index is 0.0336. The normalized spacial score (nSPS) is 28.6. The molecule has 2 aliphatic heterocycles. The SMILES string of the molecule is Cn1cncc1C(=O)N1C2CCC1CC(CC(=O)O)C2. The second-order valence-electron chi connectivity index (χ2n) is 5.92. The number of hydrogen-bond donors (Lipinski definition) is 1. The van der Waals surface area contributed by atoms with Crippen LogP contribution in [0.15, 0.2) is 12.5 Å². The van der Waals surface area contributed by atoms with Crippen LogP contribution in [0.5, 0.6) is 0 Å². The van der Waals surface area contributed by atoms with Crippen LogP contribution in [-0.4, -0.2) is 43.5 Å². The summed E-state index contributed by atoms with van der Waals surface area (Å²) < 4.78 is 1.74. The monoisotopic (exact) mass is 277 g/mol. The Morgan fingerprint density at radius 3 is 2.50 bits per heavy atom. The van der Waals surface area contributed by atoms with Crippen molar-refractivity contribution >= 4 is 11.9 Å². The van der Waals surface area contributed by atoms with Gasteiger partial charge < -0.3 is 14.6 Å². The molecule has 0 spiro atoms. The first-order valence-corrected chi connectivity index (χ1v) is 7.07. The van der Waals surface area contributed by atoms with Crippen LogP contribution < -0.4 is 0 Å². The van der Waals surface area contributed by atoms with E-state index in [-0.39, 0.29) is 30.3 Å². The predicted octanol–water partition coefficient (Wildman–Crippen LogP) is 1.28. The van der Waals surface area contributed by atoms with Crippen LogP contribution in [0.1, 0.15) is 42.6 Å². The van der Waals surface area contributed by atoms with Crippen molar-refractivity contribution in [2.45, 2.75) is 44.2 Å². The summed E-state index contributed by atoms with van der Waals surface area (Å²) in [7, 11) is 1.82. The molecule has 1 aromatic rings. The molecule has 1 amide bonds. The smallest absolute Gasteiger partial charge is 0.303 e. The van der Waals surface area contributed by atoms with Gasteiger partial charge in [0.15, 0.2) is 0 Å². The average molecular weight is 277 g/mol. The molecule has 3 heterocycles. The molecule has 6 nitrogen and oxygen atoms in total. The van der Waals surface area contributed by atoms with E-state index in [1.807, 2.05) is 11.9 Å². The van der Waals surface area contributed by atoms with Gasteiger partial charge in [-0.3, -0.25) is 9.59 Å². The lowest BCUT2D eigenvalue weighted by Gasteiger charge is -2.38. The van der Waals surface area contributed by atoms with Crippen molar-refractivity contribution in [1.82, 2.24) is 14.5 Å². The van der Waals surface area contributed by atoms with Gasteiger partial charge in [0.05, 0.1) is 12.5 Å². The maximum atomic E-state index is 12.6. The first-order valence-electron chi connectivity index (χ1n) is 7.07. The third kappa shape index (κ3) is 2.19. The number of hydrogen-bond acceptors (Lipinski definition) is 3. The first kappa shape index (κ1) is 13.1. The average Bonchev–Trinajstić information content (AvgIpc) is 2.90. The van der Waals surface area contributed by atoms with Crippen molar-refractivity contribution < 1.29 is 14.7 Å². The van der Waals surface area contributed by atoms with Gasteiger partial charge in [-0.2, -0.15) is 0 Å². The van der Waals surface area contributed by atoms with Gasteiger partial charge in [0.1, 0.15) is 5.69 Å². The molecule has 0 radical (unpaired) electrons. The van der Waals surface area contributed by atoms with Crippen LogP contribution in [-0.2, 0) is 11.8 Å². The van der Waals surface area contributed by atoms with Crippen molar-refractivity contribution in [2.24, 2.45) is 13.0 Å². The molecule has 3 rings (SSSR count). The zero-order chi connectivity index (χ0) is 14.3. The Labute approximate surface area is 117 Å². The lowest BCUT2D eigenvalue weighted by molar-refractivity contribution is -0.138. The Kier molecular flexibility index (Phi) is 3.23. The van der Waals surface area contributed by atoms with E-state index in [0.717, 1.165) is 25.7 Å². The summed E-state index contributed by atoms with van der Waals surface area (Å²) in [6.45, 7) is 0. The zero-order valence-corrected chi connectivity index (χ0v) is 11.5. The van der Waals surface area contributed by atoms with Crippen molar-refractivity contribution in [1.29, 1.82) is 0 Å². The standard InChI is InChI=1S/C14H19N3O3/c1-16-8-15-7-12(16)14(20)17-10-2-3-11(17)5-9(4-10)6-13(18)19/h7-11H,2-6H2,1H3,(H,18,19). The summed E-state index contributed by atoms with van der Waals surface area (Å²) in [6, 6.07) is 0.390. The molecule has 2 fully saturated rings. The third-order valence-electron chi connectivity index (χ3n) is 4.56. The number of nitrogens with zero attached hydrogens (tertiary/aromatic N) is 3. The van der Waals surface area contributed by atoms with Crippen molar-refractivity contribution in [2.75, 3.05) is 0 Å². The largest absolute Gasteiger partial charge is 0.481 e. The Morgan fingerprint density at radius 1 is 1.35 bits per heavy atom. The molecular formula is C14H19N3O3. The van der Waals surface area contributed by atoms with Gasteiger partial charge in [-0.25, -0.2) is 4.98 Å². The molecule has 0 aliphatic carbocycles. The number of amides is 1. The summed E-state index contributed by atoms with van der Waals surface area (Å²) in [5, 5.41) is 8.93. The Morgan fingerprint density at radius 2 is 2.00 bits per heavy atom. The summed E-state index contributed by atoms with van der Waals surface area (Å²) in [5.41, 5.74) is 0.610. The van der Waals surface area contributed by atoms with Gasteiger partial charge >= 0.3 is 5.97 Å². The Bertz CT molecular complexity index is 526. The summed E-state index contributed by atoms with van der Waals surface area (Å²) in [5.74, 6) is -0.493. The molecule has 1 N–H and O–H groups in total. The number of aromatic nitrogens is 2. The summed E-state index contributed by atoms with van der Waals surface area (Å²) in [6.07, 6.45) is 7.06. The van der Waals surface area contributed by atoms with Gasteiger partial charge in [-0.1, -0.05) is 0 Å². The van der Waals surface area contributed by atoms with Gasteiger partial charge in [-0.15, -0.1) is 0 Å². The van der Waals surface area contributed by atoms with Crippen molar-refractivity contribution in [3.8, 4) is 0 Å². The third-order valence-corrected chi connectivity index (χ3v) is 4.56. The number of fused-ring (bicyclic) bond motifs is 2. The molecule has 0 aromatic carbocycles. The minimum Gasteiger partial charge on any atom is -0.481 e. The van der Waals surface area contributed by atoms with Gasteiger partial charge in [-0.05, 0) is 31.6 Å². The van der Waals surface area contributed by atoms with E-state index in [0.29, 0.717) is 5.69 Å². The van der Waals surface area contributed by atoms with Crippen LogP contribution in [0.3, 0.4) is 0 Å². The van der Waals surface area contributed by atoms with Crippen molar-refractivity contribution in [3.63, 3.8) is 0 Å².